The van der Waals surface area contributed by atoms with Gasteiger partial charge in [-0.3, -0.25) is 14.2 Å². The number of hydrogen-bond donors (Lipinski definition) is 1. The largest absolute Gasteiger partial charge is 0.324 e. The molecule has 0 aliphatic carbocycles. The SMILES string of the molecule is Cc1ccc(Cn2nnc3c(=O)n(CC(=O)Nc4cccc(C)c4C)cnc32)cc1. The van der Waals surface area contributed by atoms with E-state index < -0.39 is 5.56 Å². The second kappa shape index (κ2) is 7.90. The molecule has 0 aliphatic rings. The number of amides is 1. The molecule has 2 aromatic carbocycles. The second-order valence-corrected chi connectivity index (χ2v) is 7.38. The molecule has 4 aromatic rings. The first kappa shape index (κ1) is 19.5. The van der Waals surface area contributed by atoms with Crippen molar-refractivity contribution in [2.45, 2.75) is 33.9 Å². The average Bonchev–Trinajstić information content (AvgIpc) is 3.13. The number of aromatic nitrogens is 5. The van der Waals surface area contributed by atoms with E-state index in [1.807, 2.05) is 63.2 Å². The minimum absolute atomic E-state index is 0.143. The average molecular weight is 402 g/mol. The third-order valence-electron chi connectivity index (χ3n) is 5.14. The highest BCUT2D eigenvalue weighted by atomic mass is 16.2. The van der Waals surface area contributed by atoms with Gasteiger partial charge < -0.3 is 5.32 Å². The molecule has 0 saturated carbocycles. The van der Waals surface area contributed by atoms with Gasteiger partial charge in [0.1, 0.15) is 12.9 Å². The van der Waals surface area contributed by atoms with Crippen LogP contribution in [0.25, 0.3) is 11.2 Å². The summed E-state index contributed by atoms with van der Waals surface area (Å²) >= 11 is 0. The molecule has 0 fully saturated rings. The second-order valence-electron chi connectivity index (χ2n) is 7.38. The molecule has 30 heavy (non-hydrogen) atoms. The lowest BCUT2D eigenvalue weighted by Crippen LogP contribution is -2.28. The number of nitrogens with zero attached hydrogens (tertiary/aromatic N) is 5. The fourth-order valence-corrected chi connectivity index (χ4v) is 3.20. The predicted molar refractivity (Wildman–Crippen MR) is 114 cm³/mol. The number of anilines is 1. The van der Waals surface area contributed by atoms with Crippen LogP contribution in [-0.2, 0) is 17.9 Å². The fourth-order valence-electron chi connectivity index (χ4n) is 3.20. The topological polar surface area (TPSA) is 94.7 Å². The molecular weight excluding hydrogens is 380 g/mol. The van der Waals surface area contributed by atoms with Gasteiger partial charge in [-0.05, 0) is 43.5 Å². The lowest BCUT2D eigenvalue weighted by molar-refractivity contribution is -0.116. The molecule has 1 amide bonds. The lowest BCUT2D eigenvalue weighted by atomic mass is 10.1. The van der Waals surface area contributed by atoms with E-state index in [0.717, 1.165) is 22.4 Å². The molecule has 8 heteroatoms. The smallest absolute Gasteiger partial charge is 0.283 e. The maximum absolute atomic E-state index is 12.8. The van der Waals surface area contributed by atoms with Crippen LogP contribution in [0.2, 0.25) is 0 Å². The van der Waals surface area contributed by atoms with Crippen LogP contribution in [0.15, 0.2) is 53.6 Å². The highest BCUT2D eigenvalue weighted by Gasteiger charge is 2.14. The van der Waals surface area contributed by atoms with Crippen LogP contribution < -0.4 is 10.9 Å². The zero-order chi connectivity index (χ0) is 21.3. The van der Waals surface area contributed by atoms with E-state index in [0.29, 0.717) is 12.2 Å². The quantitative estimate of drug-likeness (QED) is 0.554. The molecule has 2 heterocycles. The van der Waals surface area contributed by atoms with Crippen molar-refractivity contribution < 1.29 is 4.79 Å². The third kappa shape index (κ3) is 3.84. The maximum atomic E-state index is 12.8. The van der Waals surface area contributed by atoms with Crippen LogP contribution >= 0.6 is 0 Å². The van der Waals surface area contributed by atoms with Crippen molar-refractivity contribution in [1.82, 2.24) is 24.5 Å². The maximum Gasteiger partial charge on any atom is 0.283 e. The van der Waals surface area contributed by atoms with Crippen molar-refractivity contribution in [3.05, 3.63) is 81.4 Å². The number of nitrogens with one attached hydrogen (secondary N) is 1. The summed E-state index contributed by atoms with van der Waals surface area (Å²) in [5, 5.41) is 10.9. The summed E-state index contributed by atoms with van der Waals surface area (Å²) in [6, 6.07) is 13.7. The molecule has 0 saturated heterocycles. The van der Waals surface area contributed by atoms with E-state index in [-0.39, 0.29) is 18.0 Å². The molecule has 2 aromatic heterocycles. The molecule has 0 bridgehead atoms. The number of fused-ring (bicyclic) bond motifs is 1. The standard InChI is InChI=1S/C22H22N6O2/c1-14-7-9-17(10-8-14)11-28-21-20(25-26-28)22(30)27(13-23-21)12-19(29)24-18-6-4-5-15(2)16(18)3/h4-10,13H,11-12H2,1-3H3,(H,24,29). The Bertz CT molecular complexity index is 1290. The Morgan fingerprint density at radius 1 is 1.07 bits per heavy atom. The van der Waals surface area contributed by atoms with Gasteiger partial charge in [0.2, 0.25) is 5.91 Å². The van der Waals surface area contributed by atoms with Gasteiger partial charge in [0, 0.05) is 5.69 Å². The zero-order valence-electron chi connectivity index (χ0n) is 17.1. The third-order valence-corrected chi connectivity index (χ3v) is 5.14. The van der Waals surface area contributed by atoms with Crippen LogP contribution in [0.3, 0.4) is 0 Å². The first-order valence-electron chi connectivity index (χ1n) is 9.62. The van der Waals surface area contributed by atoms with Crippen LogP contribution in [0.5, 0.6) is 0 Å². The van der Waals surface area contributed by atoms with Crippen molar-refractivity contribution in [1.29, 1.82) is 0 Å². The Balaban J connectivity index is 1.55. The predicted octanol–water partition coefficient (Wildman–Crippen LogP) is 2.60. The molecule has 0 radical (unpaired) electrons. The van der Waals surface area contributed by atoms with Crippen LogP contribution in [0, 0.1) is 20.8 Å². The number of rotatable bonds is 5. The van der Waals surface area contributed by atoms with E-state index in [2.05, 4.69) is 20.6 Å². The summed E-state index contributed by atoms with van der Waals surface area (Å²) in [7, 11) is 0. The van der Waals surface area contributed by atoms with Crippen molar-refractivity contribution in [2.75, 3.05) is 5.32 Å². The molecule has 0 aliphatic heterocycles. The molecule has 0 unspecified atom stereocenters. The Hall–Kier alpha value is -3.81. The van der Waals surface area contributed by atoms with Crippen molar-refractivity contribution in [2.24, 2.45) is 0 Å². The summed E-state index contributed by atoms with van der Waals surface area (Å²) in [5.74, 6) is -0.306. The van der Waals surface area contributed by atoms with Crippen molar-refractivity contribution >= 4 is 22.8 Å². The highest BCUT2D eigenvalue weighted by molar-refractivity contribution is 5.91. The van der Waals surface area contributed by atoms with Gasteiger partial charge in [-0.25, -0.2) is 9.67 Å². The normalized spacial score (nSPS) is 11.0. The fraction of sp³-hybridized carbons (Fsp3) is 0.227. The first-order chi connectivity index (χ1) is 14.4. The van der Waals surface area contributed by atoms with Gasteiger partial charge in [-0.1, -0.05) is 47.2 Å². The lowest BCUT2D eigenvalue weighted by Gasteiger charge is -2.11. The van der Waals surface area contributed by atoms with E-state index in [4.69, 9.17) is 0 Å². The number of hydrogen-bond acceptors (Lipinski definition) is 5. The summed E-state index contributed by atoms with van der Waals surface area (Å²) in [6.45, 7) is 6.25. The molecule has 0 spiro atoms. The molecule has 1 N–H and O–H groups in total. The number of benzene rings is 2. The van der Waals surface area contributed by atoms with Crippen molar-refractivity contribution in [3.8, 4) is 0 Å². The Morgan fingerprint density at radius 3 is 2.60 bits per heavy atom. The molecule has 152 valence electrons. The summed E-state index contributed by atoms with van der Waals surface area (Å²) < 4.78 is 2.83. The number of aryl methyl sites for hydroxylation is 2. The molecular formula is C22H22N6O2. The molecule has 0 atom stereocenters. The van der Waals surface area contributed by atoms with E-state index >= 15 is 0 Å². The monoisotopic (exact) mass is 402 g/mol. The Labute approximate surface area is 173 Å². The molecule has 4 rings (SSSR count). The Kier molecular flexibility index (Phi) is 5.14. The van der Waals surface area contributed by atoms with Gasteiger partial charge in [-0.15, -0.1) is 5.10 Å². The van der Waals surface area contributed by atoms with E-state index in [1.165, 1.54) is 16.5 Å². The van der Waals surface area contributed by atoms with E-state index in [9.17, 15) is 9.59 Å². The summed E-state index contributed by atoms with van der Waals surface area (Å²) in [4.78, 5) is 29.6. The summed E-state index contributed by atoms with van der Waals surface area (Å²) in [5.41, 5.74) is 5.14. The van der Waals surface area contributed by atoms with Gasteiger partial charge in [-0.2, -0.15) is 0 Å². The minimum atomic E-state index is -0.397. The summed E-state index contributed by atoms with van der Waals surface area (Å²) in [6.07, 6.45) is 1.36. The van der Waals surface area contributed by atoms with Gasteiger partial charge in [0.05, 0.1) is 6.54 Å². The number of carbonyl (C=O) groups excluding carboxylic acids is 1. The first-order valence-corrected chi connectivity index (χ1v) is 9.62. The zero-order valence-corrected chi connectivity index (χ0v) is 17.1. The van der Waals surface area contributed by atoms with Crippen molar-refractivity contribution in [3.63, 3.8) is 0 Å². The van der Waals surface area contributed by atoms with E-state index in [1.54, 1.807) is 4.68 Å². The number of carbonyl (C=O) groups is 1. The Morgan fingerprint density at radius 2 is 1.83 bits per heavy atom. The minimum Gasteiger partial charge on any atom is -0.324 e. The van der Waals surface area contributed by atoms with Crippen LogP contribution in [-0.4, -0.2) is 30.5 Å². The van der Waals surface area contributed by atoms with Crippen LogP contribution in [0.4, 0.5) is 5.69 Å². The van der Waals surface area contributed by atoms with Gasteiger partial charge in [0.25, 0.3) is 5.56 Å². The molecule has 8 nitrogen and oxygen atoms in total. The van der Waals surface area contributed by atoms with Gasteiger partial charge in [0.15, 0.2) is 11.2 Å². The van der Waals surface area contributed by atoms with Gasteiger partial charge >= 0.3 is 0 Å². The van der Waals surface area contributed by atoms with Crippen LogP contribution in [0.1, 0.15) is 22.3 Å². The highest BCUT2D eigenvalue weighted by Crippen LogP contribution is 2.18.